The Morgan fingerprint density at radius 1 is 1.08 bits per heavy atom. The average Bonchev–Trinajstić information content (AvgIpc) is 3.33. The van der Waals surface area contributed by atoms with Crippen molar-refractivity contribution in [3.05, 3.63) is 54.1 Å². The molecule has 0 bridgehead atoms. The van der Waals surface area contributed by atoms with Gasteiger partial charge in [0.15, 0.2) is 0 Å². The van der Waals surface area contributed by atoms with Crippen LogP contribution in [0.1, 0.15) is 38.7 Å². The predicted octanol–water partition coefficient (Wildman–Crippen LogP) is 3.95. The van der Waals surface area contributed by atoms with Crippen LogP contribution in [0.4, 0.5) is 16.2 Å². The monoisotopic (exact) mass is 509 g/mol. The first-order chi connectivity index (χ1) is 17.7. The van der Waals surface area contributed by atoms with Crippen LogP contribution < -0.4 is 20.7 Å². The molecule has 2 aromatic carbocycles. The number of nitrogens with one attached hydrogen (secondary N) is 3. The van der Waals surface area contributed by atoms with E-state index < -0.39 is 12.0 Å². The number of carbonyl (C=O) groups excluding carboxylic acids is 2. The van der Waals surface area contributed by atoms with Crippen LogP contribution >= 0.6 is 0 Å². The summed E-state index contributed by atoms with van der Waals surface area (Å²) in [5.74, 6) is -0.0549. The number of carboxylic acids is 1. The maximum atomic E-state index is 12.8. The zero-order chi connectivity index (χ0) is 26.8. The van der Waals surface area contributed by atoms with Gasteiger partial charge < -0.3 is 25.8 Å². The summed E-state index contributed by atoms with van der Waals surface area (Å²) in [5, 5.41) is 23.9. The molecule has 3 amide bonds. The highest BCUT2D eigenvalue weighted by Crippen LogP contribution is 2.23. The summed E-state index contributed by atoms with van der Waals surface area (Å²) in [4.78, 5) is 36.0. The second kappa shape index (κ2) is 13.3. The molecule has 0 spiro atoms. The van der Waals surface area contributed by atoms with Crippen molar-refractivity contribution in [1.29, 1.82) is 0 Å². The maximum absolute atomic E-state index is 12.8. The molecule has 1 heterocycles. The second-order valence-corrected chi connectivity index (χ2v) is 9.34. The van der Waals surface area contributed by atoms with Gasteiger partial charge >= 0.3 is 12.0 Å². The highest BCUT2D eigenvalue weighted by Gasteiger charge is 2.25. The number of rotatable bonds is 12. The number of benzene rings is 2. The Hall–Kier alpha value is -4.08. The summed E-state index contributed by atoms with van der Waals surface area (Å²) in [6.45, 7) is 5.20. The first kappa shape index (κ1) is 27.5. The minimum Gasteiger partial charge on any atom is -0.495 e. The van der Waals surface area contributed by atoms with Crippen LogP contribution in [0.25, 0.3) is 0 Å². The Bertz CT molecular complexity index is 1120. The smallest absolute Gasteiger partial charge is 0.323 e. The highest BCUT2D eigenvalue weighted by molar-refractivity contribution is 6.00. The normalized spacial score (nSPS) is 13.6. The predicted molar refractivity (Wildman–Crippen MR) is 143 cm³/mol. The summed E-state index contributed by atoms with van der Waals surface area (Å²) in [5.41, 5.74) is 2.85. The van der Waals surface area contributed by atoms with E-state index in [2.05, 4.69) is 34.9 Å². The number of hydrogen-bond donors (Lipinski definition) is 4. The molecular weight excluding hydrogens is 474 g/mol. The van der Waals surface area contributed by atoms with E-state index in [-0.39, 0.29) is 24.8 Å². The number of carbonyl (C=O) groups is 3. The quantitative estimate of drug-likeness (QED) is 0.343. The van der Waals surface area contributed by atoms with Gasteiger partial charge in [-0.3, -0.25) is 14.6 Å². The van der Waals surface area contributed by atoms with E-state index in [1.807, 2.05) is 6.07 Å². The Morgan fingerprint density at radius 2 is 1.81 bits per heavy atom. The van der Waals surface area contributed by atoms with Gasteiger partial charge in [0.25, 0.3) is 0 Å². The summed E-state index contributed by atoms with van der Waals surface area (Å²) in [6.07, 6.45) is 1.68. The second-order valence-electron chi connectivity index (χ2n) is 9.34. The molecule has 1 atom stereocenters. The molecule has 10 heteroatoms. The van der Waals surface area contributed by atoms with Gasteiger partial charge in [-0.05, 0) is 42.2 Å². The Labute approximate surface area is 217 Å². The van der Waals surface area contributed by atoms with Gasteiger partial charge in [0.05, 0.1) is 37.4 Å². The van der Waals surface area contributed by atoms with Gasteiger partial charge in [-0.1, -0.05) is 38.1 Å². The van der Waals surface area contributed by atoms with Gasteiger partial charge in [0, 0.05) is 25.2 Å². The molecule has 10 nitrogen and oxygen atoms in total. The molecule has 0 aliphatic carbocycles. The maximum Gasteiger partial charge on any atom is 0.323 e. The lowest BCUT2D eigenvalue weighted by Gasteiger charge is -2.20. The van der Waals surface area contributed by atoms with Gasteiger partial charge in [0.1, 0.15) is 5.75 Å². The number of anilines is 2. The zero-order valence-corrected chi connectivity index (χ0v) is 21.5. The van der Waals surface area contributed by atoms with Crippen molar-refractivity contribution in [3.63, 3.8) is 0 Å². The third-order valence-corrected chi connectivity index (χ3v) is 5.86. The van der Waals surface area contributed by atoms with Crippen molar-refractivity contribution >= 4 is 35.0 Å². The number of aliphatic carboxylic acids is 1. The molecule has 37 heavy (non-hydrogen) atoms. The van der Waals surface area contributed by atoms with Crippen LogP contribution in [0, 0.1) is 5.92 Å². The molecule has 0 saturated carbocycles. The number of hydrogen-bond acceptors (Lipinski definition) is 6. The Balaban J connectivity index is 1.54. The number of urea groups is 1. The molecule has 3 rings (SSSR count). The molecule has 1 unspecified atom stereocenters. The molecule has 4 N–H and O–H groups in total. The van der Waals surface area contributed by atoms with E-state index in [0.717, 1.165) is 17.7 Å². The Morgan fingerprint density at radius 3 is 2.49 bits per heavy atom. The number of amides is 3. The molecule has 1 aliphatic rings. The van der Waals surface area contributed by atoms with E-state index >= 15 is 0 Å². The van der Waals surface area contributed by atoms with E-state index in [0.29, 0.717) is 42.6 Å². The van der Waals surface area contributed by atoms with Crippen LogP contribution in [0.3, 0.4) is 0 Å². The fourth-order valence-corrected chi connectivity index (χ4v) is 4.07. The minimum absolute atomic E-state index is 0.0327. The van der Waals surface area contributed by atoms with Crippen LogP contribution in [0.2, 0.25) is 0 Å². The molecule has 0 radical (unpaired) electrons. The van der Waals surface area contributed by atoms with Crippen LogP contribution in [0.15, 0.2) is 53.6 Å². The zero-order valence-electron chi connectivity index (χ0n) is 21.5. The summed E-state index contributed by atoms with van der Waals surface area (Å²) in [7, 11) is 1.54. The fourth-order valence-electron chi connectivity index (χ4n) is 4.07. The van der Waals surface area contributed by atoms with E-state index in [1.54, 1.807) is 47.5 Å². The molecule has 0 aromatic heterocycles. The Kier molecular flexibility index (Phi) is 9.88. The minimum atomic E-state index is -0.853. The van der Waals surface area contributed by atoms with Gasteiger partial charge in [-0.25, -0.2) is 4.79 Å². The number of nitrogens with zero attached hydrogens (tertiary/aromatic N) is 2. The molecular formula is C27H35N5O5. The van der Waals surface area contributed by atoms with Crippen LogP contribution in [-0.4, -0.2) is 60.0 Å². The van der Waals surface area contributed by atoms with Crippen molar-refractivity contribution in [1.82, 2.24) is 10.3 Å². The number of para-hydroxylation sites is 2. The first-order valence-electron chi connectivity index (χ1n) is 12.4. The summed E-state index contributed by atoms with van der Waals surface area (Å²) in [6, 6.07) is 13.6. The van der Waals surface area contributed by atoms with E-state index in [9.17, 15) is 14.4 Å². The number of ether oxygens (including phenoxy) is 1. The third kappa shape index (κ3) is 8.82. The van der Waals surface area contributed by atoms with Crippen molar-refractivity contribution in [2.24, 2.45) is 11.0 Å². The van der Waals surface area contributed by atoms with Crippen molar-refractivity contribution in [3.8, 4) is 5.75 Å². The SMILES string of the molecule is COc1ccccc1NC(=O)Nc1ccc(CC(=O)NC(CC(C)C)C2=NN(CCC(=O)O)CC2)cc1. The van der Waals surface area contributed by atoms with Crippen molar-refractivity contribution < 1.29 is 24.2 Å². The number of carboxylic acid groups (broad SMARTS) is 1. The number of hydrazone groups is 1. The van der Waals surface area contributed by atoms with Gasteiger partial charge in [-0.15, -0.1) is 0 Å². The molecule has 198 valence electrons. The highest BCUT2D eigenvalue weighted by atomic mass is 16.5. The van der Waals surface area contributed by atoms with E-state index in [4.69, 9.17) is 9.84 Å². The molecule has 0 fully saturated rings. The third-order valence-electron chi connectivity index (χ3n) is 5.86. The van der Waals surface area contributed by atoms with Crippen molar-refractivity contribution in [2.75, 3.05) is 30.8 Å². The topological polar surface area (TPSA) is 132 Å². The summed E-state index contributed by atoms with van der Waals surface area (Å²) < 4.78 is 5.24. The fraction of sp³-hybridized carbons (Fsp3) is 0.407. The standard InChI is InChI=1S/C27H35N5O5/c1-18(2)16-23(21-12-14-32(31-21)15-13-26(34)35)29-25(33)17-19-8-10-20(11-9-19)28-27(36)30-22-6-4-5-7-24(22)37-3/h4-11,18,23H,12-17H2,1-3H3,(H,29,33)(H,34,35)(H2,28,30,36). The molecule has 1 aliphatic heterocycles. The molecule has 0 saturated heterocycles. The van der Waals surface area contributed by atoms with E-state index in [1.165, 1.54) is 7.11 Å². The lowest BCUT2D eigenvalue weighted by Crippen LogP contribution is -2.42. The summed E-state index contributed by atoms with van der Waals surface area (Å²) >= 11 is 0. The largest absolute Gasteiger partial charge is 0.495 e. The van der Waals surface area contributed by atoms with Gasteiger partial charge in [0.2, 0.25) is 5.91 Å². The first-order valence-corrected chi connectivity index (χ1v) is 12.4. The van der Waals surface area contributed by atoms with Crippen molar-refractivity contribution in [2.45, 2.75) is 45.6 Å². The van der Waals surface area contributed by atoms with Gasteiger partial charge in [-0.2, -0.15) is 5.10 Å². The average molecular weight is 510 g/mol. The lowest BCUT2D eigenvalue weighted by molar-refractivity contribution is -0.137. The van der Waals surface area contributed by atoms with Crippen LogP contribution in [0.5, 0.6) is 5.75 Å². The lowest BCUT2D eigenvalue weighted by atomic mass is 9.98. The molecule has 2 aromatic rings. The van der Waals surface area contributed by atoms with Crippen LogP contribution in [-0.2, 0) is 16.0 Å². The number of methoxy groups -OCH3 is 1.